The normalized spacial score (nSPS) is 12.8. The fraction of sp³-hybridized carbons (Fsp3) is 0.435. The molecular weight excluding hydrogens is 400 g/mol. The molecule has 2 aromatic rings. The van der Waals surface area contributed by atoms with Gasteiger partial charge in [0, 0.05) is 32.2 Å². The van der Waals surface area contributed by atoms with Crippen LogP contribution in [-0.4, -0.2) is 50.8 Å². The Morgan fingerprint density at radius 3 is 2.23 bits per heavy atom. The number of nitrogens with zero attached hydrogens (tertiary/aromatic N) is 2. The molecule has 0 radical (unpaired) electrons. The second-order valence-corrected chi connectivity index (χ2v) is 10.0. The quantitative estimate of drug-likeness (QED) is 0.600. The molecule has 30 heavy (non-hydrogen) atoms. The van der Waals surface area contributed by atoms with Gasteiger partial charge in [0.2, 0.25) is 10.0 Å². The Labute approximate surface area is 180 Å². The highest BCUT2D eigenvalue weighted by Gasteiger charge is 2.27. The minimum atomic E-state index is -3.86. The Bertz CT molecular complexity index is 958. The zero-order chi connectivity index (χ0) is 22.5. The van der Waals surface area contributed by atoms with Crippen LogP contribution in [0.3, 0.4) is 0 Å². The first-order chi connectivity index (χ1) is 14.1. The van der Waals surface area contributed by atoms with E-state index < -0.39 is 10.0 Å². The molecule has 0 saturated carbocycles. The Balaban J connectivity index is 2.36. The van der Waals surface area contributed by atoms with Crippen LogP contribution in [0, 0.1) is 5.92 Å². The van der Waals surface area contributed by atoms with Crippen molar-refractivity contribution in [3.05, 3.63) is 59.7 Å². The molecule has 0 aromatic heterocycles. The lowest BCUT2D eigenvalue weighted by molar-refractivity contribution is 0.0728. The predicted molar refractivity (Wildman–Crippen MR) is 119 cm³/mol. The topological polar surface area (TPSA) is 66.9 Å². The Hall–Kier alpha value is -2.38. The SMILES string of the molecule is COc1ccc(C(=O)N(C)C(C)CC(C)C)cc1S(=O)(=O)N(C)Cc1ccccc1. The largest absolute Gasteiger partial charge is 0.495 e. The van der Waals surface area contributed by atoms with Crippen LogP contribution < -0.4 is 4.74 Å². The Morgan fingerprint density at radius 1 is 1.03 bits per heavy atom. The number of amides is 1. The molecule has 0 fully saturated rings. The van der Waals surface area contributed by atoms with Crippen LogP contribution in [-0.2, 0) is 16.6 Å². The molecule has 0 saturated heterocycles. The lowest BCUT2D eigenvalue weighted by atomic mass is 10.0. The molecule has 0 spiro atoms. The number of ether oxygens (including phenoxy) is 1. The van der Waals surface area contributed by atoms with E-state index >= 15 is 0 Å². The highest BCUT2D eigenvalue weighted by molar-refractivity contribution is 7.89. The summed E-state index contributed by atoms with van der Waals surface area (Å²) < 4.78 is 33.1. The van der Waals surface area contributed by atoms with Gasteiger partial charge in [-0.1, -0.05) is 44.2 Å². The molecular formula is C23H32N2O4S. The number of hydrogen-bond donors (Lipinski definition) is 0. The van der Waals surface area contributed by atoms with Gasteiger partial charge in [0.15, 0.2) is 0 Å². The molecule has 2 aromatic carbocycles. The van der Waals surface area contributed by atoms with Gasteiger partial charge >= 0.3 is 0 Å². The highest BCUT2D eigenvalue weighted by Crippen LogP contribution is 2.29. The Morgan fingerprint density at radius 2 is 1.67 bits per heavy atom. The molecule has 1 atom stereocenters. The van der Waals surface area contributed by atoms with Crippen LogP contribution in [0.2, 0.25) is 0 Å². The summed E-state index contributed by atoms with van der Waals surface area (Å²) in [5, 5.41) is 0. The first kappa shape index (κ1) is 23.9. The molecule has 0 N–H and O–H groups in total. The van der Waals surface area contributed by atoms with Gasteiger partial charge in [0.25, 0.3) is 5.91 Å². The van der Waals surface area contributed by atoms with Crippen LogP contribution in [0.5, 0.6) is 5.75 Å². The standard InChI is InChI=1S/C23H32N2O4S/c1-17(2)14-18(3)25(5)23(26)20-12-13-21(29-6)22(15-20)30(27,28)24(4)16-19-10-8-7-9-11-19/h7-13,15,17-18H,14,16H2,1-6H3. The van der Waals surface area contributed by atoms with Gasteiger partial charge in [0.05, 0.1) is 7.11 Å². The van der Waals surface area contributed by atoms with E-state index in [0.29, 0.717) is 11.5 Å². The molecule has 0 aliphatic carbocycles. The summed E-state index contributed by atoms with van der Waals surface area (Å²) in [5.74, 6) is 0.450. The van der Waals surface area contributed by atoms with Crippen molar-refractivity contribution in [1.82, 2.24) is 9.21 Å². The minimum absolute atomic E-state index is 0.0146. The second kappa shape index (κ2) is 10.1. The van der Waals surface area contributed by atoms with E-state index in [4.69, 9.17) is 4.74 Å². The van der Waals surface area contributed by atoms with Gasteiger partial charge in [-0.25, -0.2) is 8.42 Å². The smallest absolute Gasteiger partial charge is 0.253 e. The van der Waals surface area contributed by atoms with Crippen molar-refractivity contribution in [2.75, 3.05) is 21.2 Å². The summed E-state index contributed by atoms with van der Waals surface area (Å²) in [6, 6.07) is 14.0. The van der Waals surface area contributed by atoms with Crippen LogP contribution in [0.25, 0.3) is 0 Å². The van der Waals surface area contributed by atoms with Crippen molar-refractivity contribution >= 4 is 15.9 Å². The van der Waals surface area contributed by atoms with E-state index in [1.54, 1.807) is 18.0 Å². The van der Waals surface area contributed by atoms with Crippen LogP contribution >= 0.6 is 0 Å². The predicted octanol–water partition coefficient (Wildman–Crippen LogP) is 4.02. The maximum absolute atomic E-state index is 13.3. The van der Waals surface area contributed by atoms with Gasteiger partial charge in [-0.05, 0) is 43.0 Å². The van der Waals surface area contributed by atoms with Crippen LogP contribution in [0.4, 0.5) is 0 Å². The van der Waals surface area contributed by atoms with E-state index in [1.165, 1.54) is 30.6 Å². The number of rotatable bonds is 9. The first-order valence-electron chi connectivity index (χ1n) is 10.0. The first-order valence-corrected chi connectivity index (χ1v) is 11.5. The molecule has 6 nitrogen and oxygen atoms in total. The van der Waals surface area contributed by atoms with Crippen molar-refractivity contribution in [3.63, 3.8) is 0 Å². The molecule has 0 bridgehead atoms. The summed E-state index contributed by atoms with van der Waals surface area (Å²) in [6.07, 6.45) is 0.864. The maximum Gasteiger partial charge on any atom is 0.253 e. The number of benzene rings is 2. The number of sulfonamides is 1. The van der Waals surface area contributed by atoms with Crippen LogP contribution in [0.1, 0.15) is 43.1 Å². The lowest BCUT2D eigenvalue weighted by Crippen LogP contribution is -2.36. The zero-order valence-corrected chi connectivity index (χ0v) is 19.4. The van der Waals surface area contributed by atoms with Crippen LogP contribution in [0.15, 0.2) is 53.4 Å². The summed E-state index contributed by atoms with van der Waals surface area (Å²) in [6.45, 7) is 6.42. The molecule has 0 heterocycles. The van der Waals surface area contributed by atoms with Gasteiger partial charge in [-0.2, -0.15) is 4.31 Å². The monoisotopic (exact) mass is 432 g/mol. The third kappa shape index (κ3) is 5.61. The Kier molecular flexibility index (Phi) is 8.03. The van der Waals surface area contributed by atoms with Gasteiger partial charge in [-0.3, -0.25) is 4.79 Å². The maximum atomic E-state index is 13.3. The van der Waals surface area contributed by atoms with Crippen molar-refractivity contribution in [2.24, 2.45) is 5.92 Å². The number of carbonyl (C=O) groups excluding carboxylic acids is 1. The van der Waals surface area contributed by atoms with Crippen molar-refractivity contribution < 1.29 is 17.9 Å². The van der Waals surface area contributed by atoms with Crippen molar-refractivity contribution in [2.45, 2.75) is 44.7 Å². The average molecular weight is 433 g/mol. The van der Waals surface area contributed by atoms with E-state index in [-0.39, 0.29) is 29.1 Å². The average Bonchev–Trinajstić information content (AvgIpc) is 2.72. The molecule has 0 aliphatic heterocycles. The zero-order valence-electron chi connectivity index (χ0n) is 18.6. The fourth-order valence-electron chi connectivity index (χ4n) is 3.35. The lowest BCUT2D eigenvalue weighted by Gasteiger charge is -2.27. The highest BCUT2D eigenvalue weighted by atomic mass is 32.2. The summed E-state index contributed by atoms with van der Waals surface area (Å²) in [4.78, 5) is 14.6. The van der Waals surface area contributed by atoms with Crippen molar-refractivity contribution in [1.29, 1.82) is 0 Å². The van der Waals surface area contributed by atoms with E-state index in [9.17, 15) is 13.2 Å². The minimum Gasteiger partial charge on any atom is -0.495 e. The number of carbonyl (C=O) groups is 1. The van der Waals surface area contributed by atoms with Gasteiger partial charge in [0.1, 0.15) is 10.6 Å². The molecule has 164 valence electrons. The summed E-state index contributed by atoms with van der Waals surface area (Å²) >= 11 is 0. The summed E-state index contributed by atoms with van der Waals surface area (Å²) in [5.41, 5.74) is 1.19. The molecule has 7 heteroatoms. The number of methoxy groups -OCH3 is 1. The van der Waals surface area contributed by atoms with E-state index in [1.807, 2.05) is 37.3 Å². The van der Waals surface area contributed by atoms with E-state index in [0.717, 1.165) is 12.0 Å². The van der Waals surface area contributed by atoms with Gasteiger partial charge in [-0.15, -0.1) is 0 Å². The molecule has 1 amide bonds. The number of hydrogen-bond acceptors (Lipinski definition) is 4. The summed E-state index contributed by atoms with van der Waals surface area (Å²) in [7, 11) is 0.823. The van der Waals surface area contributed by atoms with E-state index in [2.05, 4.69) is 13.8 Å². The molecule has 1 unspecified atom stereocenters. The third-order valence-electron chi connectivity index (χ3n) is 5.14. The fourth-order valence-corrected chi connectivity index (χ4v) is 4.69. The second-order valence-electron chi connectivity index (χ2n) is 8.01. The van der Waals surface area contributed by atoms with Gasteiger partial charge < -0.3 is 9.64 Å². The molecule has 0 aliphatic rings. The molecule has 2 rings (SSSR count). The van der Waals surface area contributed by atoms with Crippen molar-refractivity contribution in [3.8, 4) is 5.75 Å². The third-order valence-corrected chi connectivity index (χ3v) is 6.97.